The molecule has 0 aliphatic heterocycles. The molecule has 0 N–H and O–H groups in total. The van der Waals surface area contributed by atoms with Crippen molar-refractivity contribution in [2.24, 2.45) is 0 Å². The maximum Gasteiger partial charge on any atom is 0.150 e. The van der Waals surface area contributed by atoms with Crippen LogP contribution in [0.4, 0.5) is 4.39 Å². The van der Waals surface area contributed by atoms with E-state index in [0.717, 1.165) is 0 Å². The summed E-state index contributed by atoms with van der Waals surface area (Å²) >= 11 is 5.93. The highest BCUT2D eigenvalue weighted by atomic mass is 35.5. The zero-order chi connectivity index (χ0) is 13.3. The van der Waals surface area contributed by atoms with Gasteiger partial charge in [-0.2, -0.15) is 5.10 Å². The van der Waals surface area contributed by atoms with Crippen molar-refractivity contribution in [3.05, 3.63) is 35.1 Å². The molecule has 2 aromatic rings. The second kappa shape index (κ2) is 4.94. The Labute approximate surface area is 109 Å². The third kappa shape index (κ3) is 2.61. The van der Waals surface area contributed by atoms with Crippen LogP contribution in [0.5, 0.6) is 5.75 Å². The molecule has 1 aromatic heterocycles. The summed E-state index contributed by atoms with van der Waals surface area (Å²) in [6, 6.07) is 2.73. The molecule has 2 rings (SSSR count). The van der Waals surface area contributed by atoms with Crippen LogP contribution in [-0.4, -0.2) is 20.9 Å². The third-order valence-corrected chi connectivity index (χ3v) is 2.51. The molecule has 4 nitrogen and oxygen atoms in total. The fourth-order valence-corrected chi connectivity index (χ4v) is 1.69. The van der Waals surface area contributed by atoms with Crippen LogP contribution in [0, 0.1) is 12.7 Å². The Morgan fingerprint density at radius 3 is 2.67 bits per heavy atom. The Balaban J connectivity index is 2.47. The highest BCUT2D eigenvalue weighted by Crippen LogP contribution is 2.30. The van der Waals surface area contributed by atoms with Gasteiger partial charge in [-0.3, -0.25) is 0 Å². The monoisotopic (exact) mass is 269 g/mol. The molecule has 0 amide bonds. The number of hydrogen-bond donors (Lipinski definition) is 0. The highest BCUT2D eigenvalue weighted by Gasteiger charge is 2.13. The van der Waals surface area contributed by atoms with Gasteiger partial charge in [-0.25, -0.2) is 14.1 Å². The van der Waals surface area contributed by atoms with Gasteiger partial charge >= 0.3 is 0 Å². The van der Waals surface area contributed by atoms with E-state index in [1.165, 1.54) is 23.1 Å². The van der Waals surface area contributed by atoms with Crippen molar-refractivity contribution < 1.29 is 9.13 Å². The van der Waals surface area contributed by atoms with Gasteiger partial charge in [-0.15, -0.1) is 0 Å². The van der Waals surface area contributed by atoms with Gasteiger partial charge in [0.2, 0.25) is 0 Å². The van der Waals surface area contributed by atoms with E-state index in [1.54, 1.807) is 6.92 Å². The van der Waals surface area contributed by atoms with Crippen LogP contribution in [0.1, 0.15) is 19.7 Å². The third-order valence-electron chi connectivity index (χ3n) is 2.22. The van der Waals surface area contributed by atoms with Crippen molar-refractivity contribution in [2.75, 3.05) is 0 Å². The van der Waals surface area contributed by atoms with E-state index in [2.05, 4.69) is 10.1 Å². The second-order valence-corrected chi connectivity index (χ2v) is 4.54. The molecule has 18 heavy (non-hydrogen) atoms. The van der Waals surface area contributed by atoms with E-state index >= 15 is 0 Å². The Morgan fingerprint density at radius 1 is 1.39 bits per heavy atom. The predicted octanol–water partition coefficient (Wildman–Crippen LogP) is 3.16. The minimum absolute atomic E-state index is 0.0432. The molecule has 0 spiro atoms. The molecule has 0 saturated carbocycles. The Kier molecular flexibility index (Phi) is 3.52. The minimum Gasteiger partial charge on any atom is -0.489 e. The van der Waals surface area contributed by atoms with Crippen molar-refractivity contribution in [3.63, 3.8) is 0 Å². The number of nitrogens with zero attached hydrogens (tertiary/aromatic N) is 3. The predicted molar refractivity (Wildman–Crippen MR) is 66.8 cm³/mol. The van der Waals surface area contributed by atoms with Gasteiger partial charge < -0.3 is 4.74 Å². The first-order valence-corrected chi connectivity index (χ1v) is 5.89. The molecule has 0 aliphatic carbocycles. The lowest BCUT2D eigenvalue weighted by Gasteiger charge is -2.13. The summed E-state index contributed by atoms with van der Waals surface area (Å²) in [5.41, 5.74) is 0.260. The van der Waals surface area contributed by atoms with Gasteiger partial charge in [0.05, 0.1) is 11.1 Å². The Bertz CT molecular complexity index is 568. The van der Waals surface area contributed by atoms with Crippen LogP contribution >= 0.6 is 11.6 Å². The maximum absolute atomic E-state index is 13.8. The molecule has 1 aromatic carbocycles. The second-order valence-electron chi connectivity index (χ2n) is 4.14. The standard InChI is InChI=1S/C12H13ClFN3O/c1-7(2)18-12-5-11(10(14)4-9(12)13)17-6-15-8(3)16-17/h4-7H,1-3H3. The lowest BCUT2D eigenvalue weighted by atomic mass is 10.3. The van der Waals surface area contributed by atoms with Gasteiger partial charge in [-0.05, 0) is 26.8 Å². The smallest absolute Gasteiger partial charge is 0.150 e. The fourth-order valence-electron chi connectivity index (χ4n) is 1.50. The van der Waals surface area contributed by atoms with E-state index in [4.69, 9.17) is 16.3 Å². The minimum atomic E-state index is -0.471. The number of ether oxygens (including phenoxy) is 1. The summed E-state index contributed by atoms with van der Waals surface area (Å²) < 4.78 is 20.7. The van der Waals surface area contributed by atoms with E-state index in [1.807, 2.05) is 13.8 Å². The molecule has 0 saturated heterocycles. The molecular weight excluding hydrogens is 257 g/mol. The number of aromatic nitrogens is 3. The van der Waals surface area contributed by atoms with Gasteiger partial charge in [0.25, 0.3) is 0 Å². The molecule has 0 fully saturated rings. The first-order valence-electron chi connectivity index (χ1n) is 5.51. The van der Waals surface area contributed by atoms with Crippen LogP contribution in [0.25, 0.3) is 5.69 Å². The van der Waals surface area contributed by atoms with Crippen LogP contribution in [0.15, 0.2) is 18.5 Å². The summed E-state index contributed by atoms with van der Waals surface area (Å²) in [5.74, 6) is 0.521. The lowest BCUT2D eigenvalue weighted by Crippen LogP contribution is -2.07. The van der Waals surface area contributed by atoms with E-state index in [0.29, 0.717) is 11.6 Å². The van der Waals surface area contributed by atoms with Crippen molar-refractivity contribution in [1.82, 2.24) is 14.8 Å². The molecule has 0 atom stereocenters. The van der Waals surface area contributed by atoms with Gasteiger partial charge in [0, 0.05) is 6.07 Å². The molecule has 0 bridgehead atoms. The van der Waals surface area contributed by atoms with Crippen LogP contribution in [0.2, 0.25) is 5.02 Å². The first kappa shape index (κ1) is 12.8. The van der Waals surface area contributed by atoms with Crippen molar-refractivity contribution >= 4 is 11.6 Å². The van der Waals surface area contributed by atoms with Crippen molar-refractivity contribution in [3.8, 4) is 11.4 Å². The Morgan fingerprint density at radius 2 is 2.11 bits per heavy atom. The van der Waals surface area contributed by atoms with Crippen molar-refractivity contribution in [2.45, 2.75) is 26.9 Å². The van der Waals surface area contributed by atoms with Crippen LogP contribution in [-0.2, 0) is 0 Å². The quantitative estimate of drug-likeness (QED) is 0.859. The van der Waals surface area contributed by atoms with Crippen LogP contribution in [0.3, 0.4) is 0 Å². The highest BCUT2D eigenvalue weighted by molar-refractivity contribution is 6.32. The SMILES string of the molecule is Cc1ncn(-c2cc(OC(C)C)c(Cl)cc2F)n1. The van der Waals surface area contributed by atoms with E-state index < -0.39 is 5.82 Å². The van der Waals surface area contributed by atoms with E-state index in [-0.39, 0.29) is 16.8 Å². The average Bonchev–Trinajstić information content (AvgIpc) is 2.68. The zero-order valence-corrected chi connectivity index (χ0v) is 11.1. The van der Waals surface area contributed by atoms with Crippen molar-refractivity contribution in [1.29, 1.82) is 0 Å². The maximum atomic E-state index is 13.8. The molecular formula is C12H13ClFN3O. The molecule has 96 valence electrons. The van der Waals surface area contributed by atoms with Gasteiger partial charge in [0.1, 0.15) is 23.6 Å². The fraction of sp³-hybridized carbons (Fsp3) is 0.333. The summed E-state index contributed by atoms with van der Waals surface area (Å²) in [7, 11) is 0. The molecule has 0 aliphatic rings. The molecule has 6 heteroatoms. The van der Waals surface area contributed by atoms with Gasteiger partial charge in [0.15, 0.2) is 5.82 Å². The number of rotatable bonds is 3. The number of halogens is 2. The molecule has 0 unspecified atom stereocenters. The summed E-state index contributed by atoms with van der Waals surface area (Å²) in [6.07, 6.45) is 1.40. The van der Waals surface area contributed by atoms with E-state index in [9.17, 15) is 4.39 Å². The first-order chi connectivity index (χ1) is 8.47. The largest absolute Gasteiger partial charge is 0.489 e. The summed E-state index contributed by atoms with van der Waals surface area (Å²) in [4.78, 5) is 3.96. The normalized spacial score (nSPS) is 11.0. The number of benzene rings is 1. The number of aryl methyl sites for hydroxylation is 1. The average molecular weight is 270 g/mol. The number of hydrogen-bond acceptors (Lipinski definition) is 3. The van der Waals surface area contributed by atoms with Crippen LogP contribution < -0.4 is 4.74 Å². The lowest BCUT2D eigenvalue weighted by molar-refractivity contribution is 0.242. The molecule has 0 radical (unpaired) electrons. The molecule has 1 heterocycles. The van der Waals surface area contributed by atoms with Gasteiger partial charge in [-0.1, -0.05) is 11.6 Å². The summed E-state index contributed by atoms with van der Waals surface area (Å²) in [6.45, 7) is 5.48. The summed E-state index contributed by atoms with van der Waals surface area (Å²) in [5, 5.41) is 4.30. The topological polar surface area (TPSA) is 39.9 Å². The zero-order valence-electron chi connectivity index (χ0n) is 10.3. The Hall–Kier alpha value is -1.62.